The van der Waals surface area contributed by atoms with Crippen LogP contribution in [-0.2, 0) is 4.79 Å². The van der Waals surface area contributed by atoms with E-state index >= 15 is 0 Å². The van der Waals surface area contributed by atoms with Gasteiger partial charge in [0.25, 0.3) is 0 Å². The number of fused-ring (bicyclic) bond motifs is 1. The van der Waals surface area contributed by atoms with Gasteiger partial charge >= 0.3 is 0 Å². The Balaban J connectivity index is 1.73. The summed E-state index contributed by atoms with van der Waals surface area (Å²) in [4.78, 5) is 15.5. The van der Waals surface area contributed by atoms with Gasteiger partial charge in [-0.2, -0.15) is 5.10 Å². The molecule has 1 aliphatic heterocycles. The van der Waals surface area contributed by atoms with Crippen LogP contribution in [0.1, 0.15) is 36.4 Å². The second-order valence-corrected chi connectivity index (χ2v) is 8.20. The minimum absolute atomic E-state index is 0.0773. The fourth-order valence-corrected chi connectivity index (χ4v) is 4.38. The lowest BCUT2D eigenvalue weighted by molar-refractivity contribution is -0.132. The number of benzene rings is 2. The van der Waals surface area contributed by atoms with E-state index in [9.17, 15) is 4.79 Å². The van der Waals surface area contributed by atoms with E-state index in [1.807, 2.05) is 48.5 Å². The molecule has 1 amide bonds. The van der Waals surface area contributed by atoms with E-state index in [1.165, 1.54) is 5.01 Å². The molecule has 0 spiro atoms. The molecule has 1 heterocycles. The third kappa shape index (κ3) is 4.21. The number of carbonyl (C=O) groups excluding carboxylic acids is 1. The predicted octanol–water partition coefficient (Wildman–Crippen LogP) is 6.43. The Hall–Kier alpha value is -2.79. The molecule has 152 valence electrons. The van der Waals surface area contributed by atoms with Crippen molar-refractivity contribution >= 4 is 40.9 Å². The van der Waals surface area contributed by atoms with Crippen molar-refractivity contribution < 1.29 is 4.79 Å². The summed E-state index contributed by atoms with van der Waals surface area (Å²) in [7, 11) is 0. The molecule has 0 N–H and O–H groups in total. The van der Waals surface area contributed by atoms with Crippen LogP contribution < -0.4 is 0 Å². The number of rotatable bonds is 4. The van der Waals surface area contributed by atoms with Crippen LogP contribution in [0, 0.1) is 5.92 Å². The van der Waals surface area contributed by atoms with E-state index in [1.54, 1.807) is 0 Å². The highest BCUT2D eigenvalue weighted by molar-refractivity contribution is 6.30. The number of hydrazone groups is 1. The summed E-state index contributed by atoms with van der Waals surface area (Å²) < 4.78 is 0. The Bertz CT molecular complexity index is 1060. The zero-order valence-corrected chi connectivity index (χ0v) is 17.6. The summed E-state index contributed by atoms with van der Waals surface area (Å²) in [5.74, 6) is -0.242. The monoisotopic (exact) mass is 439 g/mol. The lowest BCUT2D eigenvalue weighted by Gasteiger charge is -2.29. The first-order valence-electron chi connectivity index (χ1n) is 9.70. The number of azide groups is 1. The van der Waals surface area contributed by atoms with Gasteiger partial charge in [0.2, 0.25) is 5.91 Å². The SMILES string of the molecule is [N-]=[N+]=NCC(=O)N1N=C2/C(=C\c3ccc(Cl)cc3)CCCC2C1c1ccc(Cl)cc1. The zero-order valence-electron chi connectivity index (χ0n) is 16.1. The lowest BCUT2D eigenvalue weighted by Crippen LogP contribution is -2.33. The first-order chi connectivity index (χ1) is 14.6. The van der Waals surface area contributed by atoms with Gasteiger partial charge in [0.15, 0.2) is 0 Å². The molecule has 2 aromatic carbocycles. The molecule has 2 aliphatic rings. The summed E-state index contributed by atoms with van der Waals surface area (Å²) in [5, 5.41) is 11.0. The van der Waals surface area contributed by atoms with Gasteiger partial charge in [-0.3, -0.25) is 4.79 Å². The Morgan fingerprint density at radius 1 is 1.17 bits per heavy atom. The molecule has 0 aromatic heterocycles. The number of hydrogen-bond donors (Lipinski definition) is 0. The minimum Gasteiger partial charge on any atom is -0.273 e. The molecular weight excluding hydrogens is 421 g/mol. The highest BCUT2D eigenvalue weighted by Crippen LogP contribution is 2.44. The number of hydrogen-bond acceptors (Lipinski definition) is 3. The van der Waals surface area contributed by atoms with E-state index in [2.05, 4.69) is 16.1 Å². The van der Waals surface area contributed by atoms with E-state index in [-0.39, 0.29) is 24.4 Å². The van der Waals surface area contributed by atoms with Crippen molar-refractivity contribution in [1.29, 1.82) is 0 Å². The smallest absolute Gasteiger partial charge is 0.249 e. The highest BCUT2D eigenvalue weighted by Gasteiger charge is 2.43. The summed E-state index contributed by atoms with van der Waals surface area (Å²) in [6, 6.07) is 14.9. The maximum absolute atomic E-state index is 12.8. The van der Waals surface area contributed by atoms with Crippen LogP contribution >= 0.6 is 23.2 Å². The lowest BCUT2D eigenvalue weighted by atomic mass is 9.77. The molecule has 2 unspecified atom stereocenters. The average molecular weight is 440 g/mol. The number of halogens is 2. The van der Waals surface area contributed by atoms with Crippen molar-refractivity contribution in [3.63, 3.8) is 0 Å². The number of nitrogens with zero attached hydrogens (tertiary/aromatic N) is 5. The van der Waals surface area contributed by atoms with Crippen molar-refractivity contribution in [3.05, 3.63) is 85.7 Å². The maximum atomic E-state index is 12.8. The summed E-state index contributed by atoms with van der Waals surface area (Å²) in [5.41, 5.74) is 12.7. The molecule has 2 aromatic rings. The van der Waals surface area contributed by atoms with Gasteiger partial charge in [-0.1, -0.05) is 52.6 Å². The van der Waals surface area contributed by atoms with Gasteiger partial charge in [-0.25, -0.2) is 5.01 Å². The van der Waals surface area contributed by atoms with Crippen LogP contribution in [0.5, 0.6) is 0 Å². The molecule has 1 saturated carbocycles. The first-order valence-corrected chi connectivity index (χ1v) is 10.5. The Labute approximate surface area is 184 Å². The molecule has 1 fully saturated rings. The van der Waals surface area contributed by atoms with Gasteiger partial charge < -0.3 is 0 Å². The number of amides is 1. The molecule has 0 bridgehead atoms. The van der Waals surface area contributed by atoms with Crippen LogP contribution in [0.25, 0.3) is 16.5 Å². The topological polar surface area (TPSA) is 81.4 Å². The third-order valence-corrected chi connectivity index (χ3v) is 5.95. The van der Waals surface area contributed by atoms with Gasteiger partial charge in [-0.15, -0.1) is 0 Å². The standard InChI is InChI=1S/C22H19Cl2N5O/c23-17-8-4-14(5-9-17)12-16-2-1-3-19-21(16)27-29(20(30)13-26-28-25)22(19)15-6-10-18(24)11-7-15/h4-12,19,22H,1-3,13H2/b16-12-. The predicted molar refractivity (Wildman–Crippen MR) is 119 cm³/mol. The zero-order chi connectivity index (χ0) is 21.1. The van der Waals surface area contributed by atoms with Crippen LogP contribution in [0.4, 0.5) is 0 Å². The van der Waals surface area contributed by atoms with Crippen molar-refractivity contribution in [2.24, 2.45) is 16.1 Å². The van der Waals surface area contributed by atoms with Gasteiger partial charge in [0.1, 0.15) is 6.54 Å². The molecular formula is C22H19Cl2N5O. The van der Waals surface area contributed by atoms with E-state index in [0.717, 1.165) is 41.7 Å². The highest BCUT2D eigenvalue weighted by atomic mass is 35.5. The first kappa shape index (κ1) is 20.5. The summed E-state index contributed by atoms with van der Waals surface area (Å²) in [6.45, 7) is -0.264. The Morgan fingerprint density at radius 2 is 1.83 bits per heavy atom. The average Bonchev–Trinajstić information content (AvgIpc) is 3.15. The largest absolute Gasteiger partial charge is 0.273 e. The summed E-state index contributed by atoms with van der Waals surface area (Å²) >= 11 is 12.1. The number of carbonyl (C=O) groups is 1. The van der Waals surface area contributed by atoms with Crippen LogP contribution in [-0.4, -0.2) is 23.2 Å². The quantitative estimate of drug-likeness (QED) is 0.307. The van der Waals surface area contributed by atoms with Gasteiger partial charge in [0, 0.05) is 20.9 Å². The third-order valence-electron chi connectivity index (χ3n) is 5.45. The van der Waals surface area contributed by atoms with Crippen molar-refractivity contribution in [3.8, 4) is 0 Å². The fourth-order valence-electron chi connectivity index (χ4n) is 4.13. The molecule has 4 rings (SSSR count). The number of allylic oxidation sites excluding steroid dienone is 1. The van der Waals surface area contributed by atoms with E-state index in [4.69, 9.17) is 33.8 Å². The van der Waals surface area contributed by atoms with Gasteiger partial charge in [0.05, 0.1) is 11.8 Å². The van der Waals surface area contributed by atoms with Crippen molar-refractivity contribution in [1.82, 2.24) is 5.01 Å². The molecule has 0 saturated heterocycles. The maximum Gasteiger partial charge on any atom is 0.249 e. The second kappa shape index (κ2) is 8.92. The minimum atomic E-state index is -0.319. The molecule has 1 aliphatic carbocycles. The van der Waals surface area contributed by atoms with Crippen molar-refractivity contribution in [2.75, 3.05) is 6.54 Å². The van der Waals surface area contributed by atoms with Gasteiger partial charge in [-0.05, 0) is 71.8 Å². The van der Waals surface area contributed by atoms with Crippen molar-refractivity contribution in [2.45, 2.75) is 25.3 Å². The molecule has 0 radical (unpaired) electrons. The molecule has 8 heteroatoms. The van der Waals surface area contributed by atoms with E-state index < -0.39 is 0 Å². The van der Waals surface area contributed by atoms with Crippen LogP contribution in [0.15, 0.2) is 64.3 Å². The van der Waals surface area contributed by atoms with E-state index in [0.29, 0.717) is 10.0 Å². The van der Waals surface area contributed by atoms with Crippen LogP contribution in [0.2, 0.25) is 10.0 Å². The Morgan fingerprint density at radius 3 is 2.50 bits per heavy atom. The normalized spacial score (nSPS) is 21.7. The summed E-state index contributed by atoms with van der Waals surface area (Å²) in [6.07, 6.45) is 4.94. The fraction of sp³-hybridized carbons (Fsp3) is 0.273. The molecule has 6 nitrogen and oxygen atoms in total. The van der Waals surface area contributed by atoms with Crippen LogP contribution in [0.3, 0.4) is 0 Å². The molecule has 30 heavy (non-hydrogen) atoms. The Kier molecular flexibility index (Phi) is 6.09. The molecule has 2 atom stereocenters. The second-order valence-electron chi connectivity index (χ2n) is 7.33.